The summed E-state index contributed by atoms with van der Waals surface area (Å²) in [7, 11) is 0. The van der Waals surface area contributed by atoms with E-state index in [1.165, 1.54) is 6.07 Å². The van der Waals surface area contributed by atoms with Crippen LogP contribution in [-0.4, -0.2) is 9.85 Å². The lowest BCUT2D eigenvalue weighted by Gasteiger charge is -2.07. The lowest BCUT2D eigenvalue weighted by Crippen LogP contribution is -2.05. The Balaban J connectivity index is 2.66. The van der Waals surface area contributed by atoms with E-state index in [1.807, 2.05) is 0 Å². The zero-order valence-electron chi connectivity index (χ0n) is 5.98. The first-order valence-electron chi connectivity index (χ1n) is 3.19. The van der Waals surface area contributed by atoms with Gasteiger partial charge in [-0.05, 0) is 0 Å². The van der Waals surface area contributed by atoms with Crippen LogP contribution in [0.1, 0.15) is 0 Å². The number of rotatable bonds is 2. The molecule has 13 heavy (non-hydrogen) atoms. The normalized spacial score (nSPS) is 11.2. The van der Waals surface area contributed by atoms with E-state index < -0.39 is 9.85 Å². The van der Waals surface area contributed by atoms with Gasteiger partial charge in [0.2, 0.25) is 0 Å². The van der Waals surface area contributed by atoms with Gasteiger partial charge >= 0.3 is 5.69 Å². The molecule has 66 valence electrons. The van der Waals surface area contributed by atoms with Crippen LogP contribution in [0, 0.1) is 30.7 Å². The Labute approximate surface area is 75.3 Å². The molecule has 0 atom stereocenters. The number of nitro groups is 2. The maximum absolute atomic E-state index is 10.3. The maximum Gasteiger partial charge on any atom is 0.303 e. The molecule has 0 aromatic heterocycles. The number of benzene rings is 1. The van der Waals surface area contributed by atoms with Crippen LogP contribution in [0.2, 0.25) is 5.02 Å². The number of halogens is 1. The van der Waals surface area contributed by atoms with Gasteiger partial charge in [-0.3, -0.25) is 20.2 Å². The van der Waals surface area contributed by atoms with Gasteiger partial charge in [-0.2, -0.15) is 0 Å². The Bertz CT molecular complexity index is 539. The zero-order valence-corrected chi connectivity index (χ0v) is 6.74. The predicted octanol–water partition coefficient (Wildman–Crippen LogP) is 1.76. The molecule has 7 heteroatoms. The van der Waals surface area contributed by atoms with Gasteiger partial charge in [0.05, 0.1) is 9.85 Å². The summed E-state index contributed by atoms with van der Waals surface area (Å²) in [4.78, 5) is 19.2. The Kier molecular flexibility index (Phi) is 1.32. The molecule has 0 radical (unpaired) electrons. The highest BCUT2D eigenvalue weighted by atomic mass is 35.5. The fourth-order valence-electron chi connectivity index (χ4n) is 1.25. The summed E-state index contributed by atoms with van der Waals surface area (Å²) in [6, 6.07) is 1.23. The lowest BCUT2D eigenvalue weighted by atomic mass is 10.0. The first-order valence-corrected chi connectivity index (χ1v) is 3.57. The molecule has 0 amide bonds. The zero-order chi connectivity index (χ0) is 9.75. The molecule has 0 saturated heterocycles. The molecule has 0 spiro atoms. The third-order valence-corrected chi connectivity index (χ3v) is 2.25. The molecular weight excluding hydrogens is 200 g/mol. The molecule has 0 unspecified atom stereocenters. The van der Waals surface area contributed by atoms with E-state index in [1.54, 1.807) is 0 Å². The molecule has 0 saturated carbocycles. The summed E-state index contributed by atoms with van der Waals surface area (Å²) < 4.78 is 0. The van der Waals surface area contributed by atoms with Crippen molar-refractivity contribution in [2.24, 2.45) is 0 Å². The minimum atomic E-state index is -0.711. The summed E-state index contributed by atoms with van der Waals surface area (Å²) in [6.07, 6.45) is 0. The van der Waals surface area contributed by atoms with Gasteiger partial charge in [-0.1, -0.05) is 11.6 Å². The Morgan fingerprint density at radius 2 is 1.85 bits per heavy atom. The van der Waals surface area contributed by atoms with Crippen molar-refractivity contribution in [3.8, 4) is 0 Å². The van der Waals surface area contributed by atoms with E-state index in [0.29, 0.717) is 5.22 Å². The summed E-state index contributed by atoms with van der Waals surface area (Å²) in [5.41, 5.74) is -0.572. The predicted molar refractivity (Wildman–Crippen MR) is 42.4 cm³/mol. The summed E-state index contributed by atoms with van der Waals surface area (Å²) in [6.45, 7) is 0. The lowest BCUT2D eigenvalue weighted by molar-refractivity contribution is -0.397. The van der Waals surface area contributed by atoms with Crippen molar-refractivity contribution in [3.05, 3.63) is 41.8 Å². The van der Waals surface area contributed by atoms with Gasteiger partial charge in [0, 0.05) is 11.3 Å². The first kappa shape index (κ1) is 7.93. The molecule has 0 N–H and O–H groups in total. The molecule has 2 rings (SSSR count). The van der Waals surface area contributed by atoms with Gasteiger partial charge < -0.3 is 0 Å². The fraction of sp³-hybridized carbons (Fsp3) is 0. The van der Waals surface area contributed by atoms with E-state index >= 15 is 0 Å². The second-order valence-electron chi connectivity index (χ2n) is 2.50. The number of hydrogen-bond acceptors (Lipinski definition) is 4. The van der Waals surface area contributed by atoms with Gasteiger partial charge in [0.25, 0.3) is 5.69 Å². The van der Waals surface area contributed by atoms with Crippen molar-refractivity contribution in [1.82, 2.24) is 0 Å². The van der Waals surface area contributed by atoms with E-state index in [4.69, 9.17) is 11.6 Å². The fourth-order valence-corrected chi connectivity index (χ4v) is 1.57. The molecule has 2 aliphatic rings. The van der Waals surface area contributed by atoms with Crippen LogP contribution in [0.4, 0.5) is 11.4 Å². The van der Waals surface area contributed by atoms with Gasteiger partial charge in [-0.25, -0.2) is 0 Å². The monoisotopic (exact) mass is 200 g/mol. The first-order chi connectivity index (χ1) is 6.04. The third-order valence-electron chi connectivity index (χ3n) is 1.87. The minimum absolute atomic E-state index is 0.00519. The Morgan fingerprint density at radius 3 is 2.31 bits per heavy atom. The van der Waals surface area contributed by atoms with Crippen LogP contribution >= 0.6 is 11.6 Å². The molecular formula is C6HClN2O4. The summed E-state index contributed by atoms with van der Waals surface area (Å²) >= 11 is 5.49. The van der Waals surface area contributed by atoms with E-state index in [2.05, 4.69) is 0 Å². The smallest absolute Gasteiger partial charge is 0.258 e. The molecule has 0 heterocycles. The van der Waals surface area contributed by atoms with Gasteiger partial charge in [0.1, 0.15) is 10.2 Å². The standard InChI is InChI=1S/C6HClN2O4/c7-5-2-1-3(8(10)11)4(2)6(5)9(12)13/h1H. The highest BCUT2D eigenvalue weighted by molar-refractivity contribution is 6.34. The van der Waals surface area contributed by atoms with Crippen molar-refractivity contribution in [1.29, 1.82) is 0 Å². The van der Waals surface area contributed by atoms with Crippen molar-refractivity contribution in [2.75, 3.05) is 0 Å². The van der Waals surface area contributed by atoms with Crippen LogP contribution in [0.25, 0.3) is 0 Å². The third kappa shape index (κ3) is 0.775. The van der Waals surface area contributed by atoms with Crippen molar-refractivity contribution >= 4 is 23.0 Å². The van der Waals surface area contributed by atoms with Crippen molar-refractivity contribution < 1.29 is 9.85 Å². The van der Waals surface area contributed by atoms with Crippen LogP contribution in [-0.2, 0) is 0 Å². The Hall–Kier alpha value is -1.69. The second kappa shape index (κ2) is 2.17. The van der Waals surface area contributed by atoms with Gasteiger partial charge in [0.15, 0.2) is 0 Å². The molecule has 0 aliphatic heterocycles. The average molecular weight is 201 g/mol. The molecule has 0 fully saturated rings. The molecule has 2 aliphatic carbocycles. The number of nitro benzene ring substituents is 2. The highest BCUT2D eigenvalue weighted by Gasteiger charge is 2.34. The largest absolute Gasteiger partial charge is 0.303 e. The molecule has 0 aromatic rings. The van der Waals surface area contributed by atoms with Gasteiger partial charge in [-0.15, -0.1) is 0 Å². The molecule has 0 bridgehead atoms. The van der Waals surface area contributed by atoms with E-state index in [9.17, 15) is 20.2 Å². The molecule has 6 nitrogen and oxygen atoms in total. The minimum Gasteiger partial charge on any atom is -0.258 e. The topological polar surface area (TPSA) is 86.3 Å². The van der Waals surface area contributed by atoms with Crippen LogP contribution in [0.15, 0.2) is 6.07 Å². The number of hydrogen-bond donors (Lipinski definition) is 0. The van der Waals surface area contributed by atoms with Crippen LogP contribution < -0.4 is 0 Å². The maximum atomic E-state index is 10.3. The van der Waals surface area contributed by atoms with Crippen LogP contribution in [0.5, 0.6) is 0 Å². The Morgan fingerprint density at radius 1 is 1.23 bits per heavy atom. The highest BCUT2D eigenvalue weighted by Crippen LogP contribution is 2.41. The quantitative estimate of drug-likeness (QED) is 0.546. The van der Waals surface area contributed by atoms with E-state index in [-0.39, 0.29) is 21.6 Å². The number of nitrogens with zero attached hydrogens (tertiary/aromatic N) is 2. The molecule has 0 aromatic carbocycles. The number of non-ortho nitro benzene ring substituents is 1. The van der Waals surface area contributed by atoms with E-state index in [0.717, 1.165) is 0 Å². The summed E-state index contributed by atoms with van der Waals surface area (Å²) in [5.74, 6) is 0. The summed E-state index contributed by atoms with van der Waals surface area (Å²) in [5, 5.41) is 21.1. The van der Waals surface area contributed by atoms with Crippen LogP contribution in [0.3, 0.4) is 0 Å². The van der Waals surface area contributed by atoms with Crippen molar-refractivity contribution in [3.63, 3.8) is 0 Å². The van der Waals surface area contributed by atoms with Crippen molar-refractivity contribution in [2.45, 2.75) is 0 Å². The second-order valence-corrected chi connectivity index (χ2v) is 2.87. The SMILES string of the molecule is O=[N+]([O-])c1cc2c(Cl)c([N+](=O)[O-])c1=2. The average Bonchev–Trinajstić information content (AvgIpc) is 1.96.